The molecule has 3 nitrogen and oxygen atoms in total. The van der Waals surface area contributed by atoms with Crippen molar-refractivity contribution in [1.29, 1.82) is 0 Å². The molecule has 0 bridgehead atoms. The first-order valence-corrected chi connectivity index (χ1v) is 6.79. The van der Waals surface area contributed by atoms with Gasteiger partial charge in [0.2, 0.25) is 0 Å². The van der Waals surface area contributed by atoms with Crippen molar-refractivity contribution < 1.29 is 9.90 Å². The molecule has 2 aromatic rings. The zero-order chi connectivity index (χ0) is 14.5. The van der Waals surface area contributed by atoms with Gasteiger partial charge in [-0.3, -0.25) is 4.79 Å². The number of aryl methyl sites for hydroxylation is 1. The summed E-state index contributed by atoms with van der Waals surface area (Å²) in [6.45, 7) is 3.74. The van der Waals surface area contributed by atoms with Gasteiger partial charge in [0.15, 0.2) is 0 Å². The molecule has 0 fully saturated rings. The number of hydrogen-bond donors (Lipinski definition) is 2. The van der Waals surface area contributed by atoms with E-state index in [2.05, 4.69) is 5.32 Å². The van der Waals surface area contributed by atoms with Crippen molar-refractivity contribution in [2.24, 2.45) is 0 Å². The summed E-state index contributed by atoms with van der Waals surface area (Å²) in [6, 6.07) is 14.8. The topological polar surface area (TPSA) is 49.3 Å². The van der Waals surface area contributed by atoms with E-state index in [1.54, 1.807) is 19.1 Å². The molecule has 104 valence electrons. The van der Waals surface area contributed by atoms with Crippen LogP contribution in [0, 0.1) is 0 Å². The number of carbonyl (C=O) groups excluding carboxylic acids is 1. The third kappa shape index (κ3) is 3.25. The molecule has 0 aliphatic rings. The Bertz CT molecular complexity index is 588. The van der Waals surface area contributed by atoms with Crippen molar-refractivity contribution in [2.45, 2.75) is 26.4 Å². The minimum absolute atomic E-state index is 0.104. The zero-order valence-corrected chi connectivity index (χ0v) is 11.8. The average molecular weight is 269 g/mol. The average Bonchev–Trinajstić information content (AvgIpc) is 2.47. The second-order valence-electron chi connectivity index (χ2n) is 4.76. The summed E-state index contributed by atoms with van der Waals surface area (Å²) in [4.78, 5) is 12.3. The largest absolute Gasteiger partial charge is 0.389 e. The number of rotatable bonds is 4. The lowest BCUT2D eigenvalue weighted by Crippen LogP contribution is -2.14. The van der Waals surface area contributed by atoms with Gasteiger partial charge in [0.05, 0.1) is 6.10 Å². The molecule has 2 rings (SSSR count). The standard InChI is InChI=1S/C17H19NO2/c1-3-13-6-4-5-7-16(13)17(20)18-15-10-8-14(9-11-15)12(2)19/h4-12,19H,3H2,1-2H3,(H,18,20). The highest BCUT2D eigenvalue weighted by molar-refractivity contribution is 6.05. The Labute approximate surface area is 119 Å². The Morgan fingerprint density at radius 3 is 2.40 bits per heavy atom. The lowest BCUT2D eigenvalue weighted by Gasteiger charge is -2.10. The quantitative estimate of drug-likeness (QED) is 0.891. The van der Waals surface area contributed by atoms with Crippen molar-refractivity contribution >= 4 is 11.6 Å². The highest BCUT2D eigenvalue weighted by atomic mass is 16.3. The molecular weight excluding hydrogens is 250 g/mol. The summed E-state index contributed by atoms with van der Waals surface area (Å²) in [5, 5.41) is 12.3. The Morgan fingerprint density at radius 1 is 1.15 bits per heavy atom. The van der Waals surface area contributed by atoms with Gasteiger partial charge in [0.25, 0.3) is 5.91 Å². The minimum Gasteiger partial charge on any atom is -0.389 e. The van der Waals surface area contributed by atoms with Crippen LogP contribution in [0.15, 0.2) is 48.5 Å². The molecule has 1 atom stereocenters. The van der Waals surface area contributed by atoms with E-state index < -0.39 is 6.10 Å². The van der Waals surface area contributed by atoms with E-state index in [0.29, 0.717) is 5.56 Å². The fraction of sp³-hybridized carbons (Fsp3) is 0.235. The van der Waals surface area contributed by atoms with Crippen LogP contribution in [0.5, 0.6) is 0 Å². The highest BCUT2D eigenvalue weighted by Gasteiger charge is 2.10. The Kier molecular flexibility index (Phi) is 4.53. The van der Waals surface area contributed by atoms with Gasteiger partial charge >= 0.3 is 0 Å². The summed E-state index contributed by atoms with van der Waals surface area (Å²) < 4.78 is 0. The fourth-order valence-electron chi connectivity index (χ4n) is 2.09. The van der Waals surface area contributed by atoms with Gasteiger partial charge in [-0.25, -0.2) is 0 Å². The highest BCUT2D eigenvalue weighted by Crippen LogP contribution is 2.17. The maximum absolute atomic E-state index is 12.3. The zero-order valence-electron chi connectivity index (χ0n) is 11.8. The molecule has 0 radical (unpaired) electrons. The first kappa shape index (κ1) is 14.3. The van der Waals surface area contributed by atoms with Gasteiger partial charge in [0.1, 0.15) is 0 Å². The first-order chi connectivity index (χ1) is 9.61. The van der Waals surface area contributed by atoms with Crippen molar-refractivity contribution in [3.8, 4) is 0 Å². The number of benzene rings is 2. The predicted octanol–water partition coefficient (Wildman–Crippen LogP) is 3.55. The maximum Gasteiger partial charge on any atom is 0.255 e. The van der Waals surface area contributed by atoms with Crippen LogP contribution in [0.25, 0.3) is 0 Å². The molecule has 2 N–H and O–H groups in total. The third-order valence-electron chi connectivity index (χ3n) is 3.29. The van der Waals surface area contributed by atoms with Gasteiger partial charge in [-0.1, -0.05) is 37.3 Å². The van der Waals surface area contributed by atoms with Crippen molar-refractivity contribution in [1.82, 2.24) is 0 Å². The number of amides is 1. The van der Waals surface area contributed by atoms with E-state index in [-0.39, 0.29) is 5.91 Å². The minimum atomic E-state index is -0.499. The SMILES string of the molecule is CCc1ccccc1C(=O)Nc1ccc(C(C)O)cc1. The molecule has 0 saturated heterocycles. The van der Waals surface area contributed by atoms with Crippen LogP contribution in [-0.2, 0) is 6.42 Å². The summed E-state index contributed by atoms with van der Waals surface area (Å²) >= 11 is 0. The van der Waals surface area contributed by atoms with Gasteiger partial charge in [-0.05, 0) is 42.7 Å². The fourth-order valence-corrected chi connectivity index (χ4v) is 2.09. The van der Waals surface area contributed by atoms with Gasteiger partial charge in [0, 0.05) is 11.3 Å². The third-order valence-corrected chi connectivity index (χ3v) is 3.29. The maximum atomic E-state index is 12.3. The van der Waals surface area contributed by atoms with E-state index in [9.17, 15) is 9.90 Å². The van der Waals surface area contributed by atoms with Crippen LogP contribution in [0.4, 0.5) is 5.69 Å². The van der Waals surface area contributed by atoms with E-state index in [0.717, 1.165) is 23.2 Å². The summed E-state index contributed by atoms with van der Waals surface area (Å²) in [5.74, 6) is -0.104. The lowest BCUT2D eigenvalue weighted by atomic mass is 10.0. The molecule has 20 heavy (non-hydrogen) atoms. The van der Waals surface area contributed by atoms with Crippen LogP contribution in [0.1, 0.15) is 41.4 Å². The Balaban J connectivity index is 2.15. The predicted molar refractivity (Wildman–Crippen MR) is 80.8 cm³/mol. The lowest BCUT2D eigenvalue weighted by molar-refractivity contribution is 0.102. The van der Waals surface area contributed by atoms with Crippen LogP contribution in [-0.4, -0.2) is 11.0 Å². The second-order valence-corrected chi connectivity index (χ2v) is 4.76. The molecule has 0 aliphatic carbocycles. The second kappa shape index (κ2) is 6.35. The van der Waals surface area contributed by atoms with Crippen molar-refractivity contribution in [3.63, 3.8) is 0 Å². The van der Waals surface area contributed by atoms with Crippen LogP contribution in [0.3, 0.4) is 0 Å². The van der Waals surface area contributed by atoms with E-state index in [1.165, 1.54) is 0 Å². The van der Waals surface area contributed by atoms with Gasteiger partial charge < -0.3 is 10.4 Å². The van der Waals surface area contributed by atoms with Crippen LogP contribution < -0.4 is 5.32 Å². The van der Waals surface area contributed by atoms with Gasteiger partial charge in [-0.15, -0.1) is 0 Å². The molecular formula is C17H19NO2. The van der Waals surface area contributed by atoms with E-state index in [1.807, 2.05) is 43.3 Å². The van der Waals surface area contributed by atoms with E-state index in [4.69, 9.17) is 0 Å². The normalized spacial score (nSPS) is 11.9. The number of carbonyl (C=O) groups is 1. The Hall–Kier alpha value is -2.13. The molecule has 0 saturated carbocycles. The molecule has 0 heterocycles. The molecule has 1 amide bonds. The first-order valence-electron chi connectivity index (χ1n) is 6.79. The molecule has 0 aromatic heterocycles. The van der Waals surface area contributed by atoms with Crippen molar-refractivity contribution in [3.05, 3.63) is 65.2 Å². The molecule has 2 aromatic carbocycles. The monoisotopic (exact) mass is 269 g/mol. The molecule has 0 aliphatic heterocycles. The smallest absolute Gasteiger partial charge is 0.255 e. The summed E-state index contributed by atoms with van der Waals surface area (Å²) in [5.41, 5.74) is 3.29. The number of nitrogens with one attached hydrogen (secondary N) is 1. The number of anilines is 1. The number of aliphatic hydroxyl groups excluding tert-OH is 1. The van der Waals surface area contributed by atoms with E-state index >= 15 is 0 Å². The van der Waals surface area contributed by atoms with Crippen molar-refractivity contribution in [2.75, 3.05) is 5.32 Å². The molecule has 0 spiro atoms. The Morgan fingerprint density at radius 2 is 1.80 bits per heavy atom. The number of hydrogen-bond acceptors (Lipinski definition) is 2. The summed E-state index contributed by atoms with van der Waals surface area (Å²) in [6.07, 6.45) is 0.324. The molecule has 3 heteroatoms. The van der Waals surface area contributed by atoms with Crippen LogP contribution in [0.2, 0.25) is 0 Å². The summed E-state index contributed by atoms with van der Waals surface area (Å²) in [7, 11) is 0. The molecule has 1 unspecified atom stereocenters. The number of aliphatic hydroxyl groups is 1. The van der Waals surface area contributed by atoms with Crippen LogP contribution >= 0.6 is 0 Å². The van der Waals surface area contributed by atoms with Gasteiger partial charge in [-0.2, -0.15) is 0 Å².